The van der Waals surface area contributed by atoms with Gasteiger partial charge in [-0.25, -0.2) is 0 Å². The lowest BCUT2D eigenvalue weighted by molar-refractivity contribution is -0.122. The van der Waals surface area contributed by atoms with Crippen molar-refractivity contribution in [3.05, 3.63) is 107 Å². The fourth-order valence-electron chi connectivity index (χ4n) is 4.21. The summed E-state index contributed by atoms with van der Waals surface area (Å²) >= 11 is 0. The van der Waals surface area contributed by atoms with Crippen LogP contribution >= 0.6 is 0 Å². The number of piperazine rings is 1. The molecule has 0 atom stereocenters. The summed E-state index contributed by atoms with van der Waals surface area (Å²) in [5.41, 5.74) is 4.25. The van der Waals surface area contributed by atoms with Crippen LogP contribution in [0.25, 0.3) is 0 Å². The van der Waals surface area contributed by atoms with Crippen molar-refractivity contribution in [2.75, 3.05) is 32.7 Å². The minimum absolute atomic E-state index is 0.0184. The topological polar surface area (TPSA) is 52.7 Å². The first-order valence-corrected chi connectivity index (χ1v) is 11.6. The van der Waals surface area contributed by atoms with E-state index >= 15 is 0 Å². The average molecular weight is 442 g/mol. The molecule has 0 spiro atoms. The number of carbonyl (C=O) groups is 2. The van der Waals surface area contributed by atoms with Crippen LogP contribution in [0.3, 0.4) is 0 Å². The van der Waals surface area contributed by atoms with Crippen molar-refractivity contribution >= 4 is 11.8 Å². The van der Waals surface area contributed by atoms with Crippen molar-refractivity contribution in [1.82, 2.24) is 15.1 Å². The first-order valence-electron chi connectivity index (χ1n) is 11.6. The highest BCUT2D eigenvalue weighted by Crippen LogP contribution is 2.16. The van der Waals surface area contributed by atoms with Crippen LogP contribution in [-0.4, -0.2) is 54.3 Å². The summed E-state index contributed by atoms with van der Waals surface area (Å²) in [6, 6.07) is 28.2. The lowest BCUT2D eigenvalue weighted by Crippen LogP contribution is -2.51. The predicted octanol–water partition coefficient (Wildman–Crippen LogP) is 3.55. The molecule has 1 aliphatic heterocycles. The number of nitrogens with one attached hydrogen (secondary N) is 1. The van der Waals surface area contributed by atoms with E-state index in [1.165, 1.54) is 5.56 Å². The van der Waals surface area contributed by atoms with Gasteiger partial charge in [0, 0.05) is 38.3 Å². The minimum atomic E-state index is 0.0184. The van der Waals surface area contributed by atoms with E-state index in [4.69, 9.17) is 0 Å². The van der Waals surface area contributed by atoms with E-state index in [1.807, 2.05) is 71.6 Å². The third-order valence-corrected chi connectivity index (χ3v) is 6.13. The van der Waals surface area contributed by atoms with Gasteiger partial charge < -0.3 is 10.2 Å². The van der Waals surface area contributed by atoms with Gasteiger partial charge in [-0.1, -0.05) is 78.9 Å². The summed E-state index contributed by atoms with van der Waals surface area (Å²) in [5.74, 6) is 0.108. The Balaban J connectivity index is 1.26. The number of hydrogen-bond acceptors (Lipinski definition) is 3. The Bertz CT molecular complexity index is 1050. The molecule has 1 fully saturated rings. The van der Waals surface area contributed by atoms with E-state index in [0.717, 1.165) is 29.5 Å². The second-order valence-electron chi connectivity index (χ2n) is 8.47. The second-order valence-corrected chi connectivity index (χ2v) is 8.47. The molecule has 1 N–H and O–H groups in total. The number of amides is 2. The van der Waals surface area contributed by atoms with Gasteiger partial charge in [0.15, 0.2) is 0 Å². The molecule has 2 amide bonds. The first kappa shape index (κ1) is 22.7. The third-order valence-electron chi connectivity index (χ3n) is 6.13. The molecule has 3 aromatic carbocycles. The Morgan fingerprint density at radius 1 is 0.697 bits per heavy atom. The average Bonchev–Trinajstić information content (AvgIpc) is 2.88. The molecule has 1 heterocycles. The third kappa shape index (κ3) is 6.53. The van der Waals surface area contributed by atoms with Gasteiger partial charge in [-0.05, 0) is 35.6 Å². The zero-order chi connectivity index (χ0) is 22.9. The fourth-order valence-corrected chi connectivity index (χ4v) is 4.21. The molecule has 0 bridgehead atoms. The monoisotopic (exact) mass is 441 g/mol. The van der Waals surface area contributed by atoms with E-state index in [-0.39, 0.29) is 11.8 Å². The van der Waals surface area contributed by atoms with E-state index in [1.54, 1.807) is 0 Å². The van der Waals surface area contributed by atoms with Gasteiger partial charge in [-0.2, -0.15) is 0 Å². The molecule has 3 aromatic rings. The highest BCUT2D eigenvalue weighted by Gasteiger charge is 2.24. The van der Waals surface area contributed by atoms with Crippen LogP contribution in [0, 0.1) is 0 Å². The number of benzene rings is 3. The Hall–Kier alpha value is -3.44. The number of hydrogen-bond donors (Lipinski definition) is 1. The van der Waals surface area contributed by atoms with Crippen molar-refractivity contribution in [3.8, 4) is 0 Å². The molecule has 5 heteroatoms. The maximum Gasteiger partial charge on any atom is 0.254 e. The molecular weight excluding hydrogens is 410 g/mol. The van der Waals surface area contributed by atoms with Crippen LogP contribution in [-0.2, 0) is 24.2 Å². The van der Waals surface area contributed by atoms with Gasteiger partial charge in [0.2, 0.25) is 5.91 Å². The van der Waals surface area contributed by atoms with Gasteiger partial charge in [-0.3, -0.25) is 14.5 Å². The van der Waals surface area contributed by atoms with E-state index in [2.05, 4.69) is 28.4 Å². The number of carbonyl (C=O) groups excluding carboxylic acids is 2. The van der Waals surface area contributed by atoms with Crippen LogP contribution in [0.2, 0.25) is 0 Å². The second kappa shape index (κ2) is 11.4. The smallest absolute Gasteiger partial charge is 0.254 e. The largest absolute Gasteiger partial charge is 0.351 e. The standard InChI is InChI=1S/C28H31N3O2/c32-27(29-21-24-11-5-2-6-12-24)22-30-17-19-31(20-18-30)28(33)26-14-8-7-13-25(26)16-15-23-9-3-1-4-10-23/h1-14H,15-22H2,(H,29,32). The van der Waals surface area contributed by atoms with Crippen LogP contribution in [0.4, 0.5) is 0 Å². The van der Waals surface area contributed by atoms with Gasteiger partial charge in [0.05, 0.1) is 6.54 Å². The number of rotatable bonds is 8. The van der Waals surface area contributed by atoms with Gasteiger partial charge in [-0.15, -0.1) is 0 Å². The van der Waals surface area contributed by atoms with E-state index < -0.39 is 0 Å². The summed E-state index contributed by atoms with van der Waals surface area (Å²) in [5, 5.41) is 2.98. The molecule has 0 aromatic heterocycles. The van der Waals surface area contributed by atoms with E-state index in [0.29, 0.717) is 39.3 Å². The predicted molar refractivity (Wildman–Crippen MR) is 131 cm³/mol. The molecular formula is C28H31N3O2. The van der Waals surface area contributed by atoms with Crippen LogP contribution in [0.5, 0.6) is 0 Å². The molecule has 0 radical (unpaired) electrons. The number of nitrogens with zero attached hydrogens (tertiary/aromatic N) is 2. The molecule has 0 unspecified atom stereocenters. The molecule has 5 nitrogen and oxygen atoms in total. The highest BCUT2D eigenvalue weighted by molar-refractivity contribution is 5.95. The summed E-state index contributed by atoms with van der Waals surface area (Å²) in [7, 11) is 0. The summed E-state index contributed by atoms with van der Waals surface area (Å²) in [6.07, 6.45) is 1.75. The fraction of sp³-hybridized carbons (Fsp3) is 0.286. The Labute approximate surface area is 196 Å². The molecule has 0 aliphatic carbocycles. The Morgan fingerprint density at radius 3 is 2.00 bits per heavy atom. The van der Waals surface area contributed by atoms with Crippen molar-refractivity contribution in [3.63, 3.8) is 0 Å². The highest BCUT2D eigenvalue weighted by atomic mass is 16.2. The molecule has 33 heavy (non-hydrogen) atoms. The SMILES string of the molecule is O=C(CN1CCN(C(=O)c2ccccc2CCc2ccccc2)CC1)NCc1ccccc1. The van der Waals surface area contributed by atoms with Gasteiger partial charge in [0.1, 0.15) is 0 Å². The van der Waals surface area contributed by atoms with Gasteiger partial charge in [0.25, 0.3) is 5.91 Å². The quantitative estimate of drug-likeness (QED) is 0.582. The summed E-state index contributed by atoms with van der Waals surface area (Å²) in [4.78, 5) is 29.6. The first-order chi connectivity index (χ1) is 16.2. The molecule has 1 aliphatic rings. The maximum absolute atomic E-state index is 13.2. The van der Waals surface area contributed by atoms with Crippen LogP contribution in [0.1, 0.15) is 27.0 Å². The maximum atomic E-state index is 13.2. The van der Waals surface area contributed by atoms with E-state index in [9.17, 15) is 9.59 Å². The molecule has 4 rings (SSSR count). The Kier molecular flexibility index (Phi) is 7.88. The summed E-state index contributed by atoms with van der Waals surface area (Å²) in [6.45, 7) is 3.59. The molecule has 1 saturated heterocycles. The Morgan fingerprint density at radius 2 is 1.30 bits per heavy atom. The van der Waals surface area contributed by atoms with Crippen molar-refractivity contribution in [1.29, 1.82) is 0 Å². The zero-order valence-electron chi connectivity index (χ0n) is 19.0. The lowest BCUT2D eigenvalue weighted by atomic mass is 9.99. The van der Waals surface area contributed by atoms with Gasteiger partial charge >= 0.3 is 0 Å². The van der Waals surface area contributed by atoms with Crippen molar-refractivity contribution < 1.29 is 9.59 Å². The minimum Gasteiger partial charge on any atom is -0.351 e. The van der Waals surface area contributed by atoms with Crippen molar-refractivity contribution in [2.24, 2.45) is 0 Å². The molecule has 170 valence electrons. The van der Waals surface area contributed by atoms with Crippen LogP contribution in [0.15, 0.2) is 84.9 Å². The lowest BCUT2D eigenvalue weighted by Gasteiger charge is -2.34. The zero-order valence-corrected chi connectivity index (χ0v) is 19.0. The molecule has 0 saturated carbocycles. The van der Waals surface area contributed by atoms with Crippen LogP contribution < -0.4 is 5.32 Å². The normalized spacial score (nSPS) is 14.1. The summed E-state index contributed by atoms with van der Waals surface area (Å²) < 4.78 is 0. The number of aryl methyl sites for hydroxylation is 2. The van der Waals surface area contributed by atoms with Crippen molar-refractivity contribution in [2.45, 2.75) is 19.4 Å².